The zero-order valence-corrected chi connectivity index (χ0v) is 12.4. The molecule has 0 aliphatic rings. The highest BCUT2D eigenvalue weighted by Gasteiger charge is 2.37. The summed E-state index contributed by atoms with van der Waals surface area (Å²) in [4.78, 5) is 12.3. The molecule has 4 N–H and O–H groups in total. The molecule has 0 radical (unpaired) electrons. The minimum absolute atomic E-state index is 0.0405. The van der Waals surface area contributed by atoms with Crippen molar-refractivity contribution in [2.75, 3.05) is 5.32 Å². The summed E-state index contributed by atoms with van der Waals surface area (Å²) in [5.74, 6) is -1.43. The smallest absolute Gasteiger partial charge is 0.238 e. The first-order chi connectivity index (χ1) is 9.26. The molecule has 1 rings (SSSR count). The van der Waals surface area contributed by atoms with Crippen LogP contribution < -0.4 is 11.1 Å². The van der Waals surface area contributed by atoms with E-state index in [1.807, 2.05) is 0 Å². The zero-order chi connectivity index (χ0) is 15.5. The third-order valence-electron chi connectivity index (χ3n) is 3.13. The Morgan fingerprint density at radius 1 is 1.50 bits per heavy atom. The predicted octanol–water partition coefficient (Wildman–Crippen LogP) is 3.23. The minimum atomic E-state index is -1.24. The molecule has 5 nitrogen and oxygen atoms in total. The first kappa shape index (κ1) is 16.5. The molecule has 1 aromatic carbocycles. The molecule has 0 fully saturated rings. The van der Waals surface area contributed by atoms with Crippen molar-refractivity contribution in [3.05, 3.63) is 28.0 Å². The van der Waals surface area contributed by atoms with Gasteiger partial charge >= 0.3 is 0 Å². The van der Waals surface area contributed by atoms with Crippen molar-refractivity contribution in [1.29, 1.82) is 0 Å². The fourth-order valence-electron chi connectivity index (χ4n) is 1.48. The molecule has 0 saturated heterocycles. The van der Waals surface area contributed by atoms with Gasteiger partial charge in [-0.15, -0.1) is 0 Å². The standard InChI is InChI=1S/C12H14Cl2FN3O2/c1-3-12(2,10(16)18-20)11(19)17-9-7(13)4-6(15)5-8(9)14/h4-5,20H,3H2,1-2H3,(H2,16,18)(H,17,19). The topological polar surface area (TPSA) is 87.7 Å². The Hall–Kier alpha value is -1.53. The summed E-state index contributed by atoms with van der Waals surface area (Å²) in [6.45, 7) is 3.20. The van der Waals surface area contributed by atoms with Crippen molar-refractivity contribution in [2.24, 2.45) is 16.3 Å². The SMILES string of the molecule is CCC(C)(C(=O)Nc1c(Cl)cc(F)cc1Cl)C(N)=NO. The van der Waals surface area contributed by atoms with Crippen molar-refractivity contribution in [2.45, 2.75) is 20.3 Å². The van der Waals surface area contributed by atoms with Gasteiger partial charge in [-0.2, -0.15) is 0 Å². The number of amides is 1. The summed E-state index contributed by atoms with van der Waals surface area (Å²) in [6.07, 6.45) is 0.283. The number of hydrogen-bond donors (Lipinski definition) is 3. The maximum atomic E-state index is 13.1. The molecular weight excluding hydrogens is 308 g/mol. The van der Waals surface area contributed by atoms with Gasteiger partial charge < -0.3 is 16.3 Å². The van der Waals surface area contributed by atoms with Gasteiger partial charge in [-0.05, 0) is 25.5 Å². The molecule has 0 heterocycles. The maximum Gasteiger partial charge on any atom is 0.238 e. The number of nitrogens with one attached hydrogen (secondary N) is 1. The van der Waals surface area contributed by atoms with Crippen molar-refractivity contribution in [1.82, 2.24) is 0 Å². The fraction of sp³-hybridized carbons (Fsp3) is 0.333. The lowest BCUT2D eigenvalue weighted by atomic mass is 9.85. The van der Waals surface area contributed by atoms with Gasteiger partial charge in [-0.1, -0.05) is 35.3 Å². The molecular formula is C12H14Cl2FN3O2. The van der Waals surface area contributed by atoms with Crippen LogP contribution in [0.15, 0.2) is 17.3 Å². The van der Waals surface area contributed by atoms with E-state index >= 15 is 0 Å². The van der Waals surface area contributed by atoms with Gasteiger partial charge in [0.05, 0.1) is 15.7 Å². The maximum absolute atomic E-state index is 13.1. The van der Waals surface area contributed by atoms with Crippen LogP contribution in [0.3, 0.4) is 0 Å². The Kier molecular flexibility index (Phi) is 5.19. The molecule has 0 saturated carbocycles. The van der Waals surface area contributed by atoms with Gasteiger partial charge in [0.2, 0.25) is 5.91 Å². The Bertz CT molecular complexity index is 543. The Morgan fingerprint density at radius 3 is 2.40 bits per heavy atom. The highest BCUT2D eigenvalue weighted by atomic mass is 35.5. The van der Waals surface area contributed by atoms with Crippen LogP contribution in [-0.2, 0) is 4.79 Å². The van der Waals surface area contributed by atoms with E-state index in [0.717, 1.165) is 12.1 Å². The van der Waals surface area contributed by atoms with Gasteiger partial charge in [0.1, 0.15) is 11.2 Å². The number of carbonyl (C=O) groups excluding carboxylic acids is 1. The summed E-state index contributed by atoms with van der Waals surface area (Å²) in [6, 6.07) is 2.05. The number of halogens is 3. The van der Waals surface area contributed by atoms with E-state index in [0.29, 0.717) is 0 Å². The number of carbonyl (C=O) groups is 1. The van der Waals surface area contributed by atoms with E-state index in [-0.39, 0.29) is 28.0 Å². The van der Waals surface area contributed by atoms with Crippen molar-refractivity contribution < 1.29 is 14.4 Å². The lowest BCUT2D eigenvalue weighted by Gasteiger charge is -2.25. The third-order valence-corrected chi connectivity index (χ3v) is 3.72. The second kappa shape index (κ2) is 6.28. The lowest BCUT2D eigenvalue weighted by Crippen LogP contribution is -2.44. The molecule has 1 aromatic rings. The summed E-state index contributed by atoms with van der Waals surface area (Å²) in [7, 11) is 0. The number of benzene rings is 1. The average molecular weight is 322 g/mol. The van der Waals surface area contributed by atoms with Crippen LogP contribution in [0.5, 0.6) is 0 Å². The Labute approximate surface area is 125 Å². The van der Waals surface area contributed by atoms with Crippen molar-refractivity contribution in [3.63, 3.8) is 0 Å². The second-order valence-corrected chi connectivity index (χ2v) is 5.18. The van der Waals surface area contributed by atoms with Crippen LogP contribution in [0.4, 0.5) is 10.1 Å². The van der Waals surface area contributed by atoms with Crippen LogP contribution in [0, 0.1) is 11.2 Å². The van der Waals surface area contributed by atoms with Crippen molar-refractivity contribution in [3.8, 4) is 0 Å². The zero-order valence-electron chi connectivity index (χ0n) is 10.9. The van der Waals surface area contributed by atoms with Crippen LogP contribution >= 0.6 is 23.2 Å². The molecule has 20 heavy (non-hydrogen) atoms. The molecule has 1 atom stereocenters. The quantitative estimate of drug-likeness (QED) is 0.344. The summed E-state index contributed by atoms with van der Waals surface area (Å²) >= 11 is 11.7. The summed E-state index contributed by atoms with van der Waals surface area (Å²) < 4.78 is 13.1. The monoisotopic (exact) mass is 321 g/mol. The lowest BCUT2D eigenvalue weighted by molar-refractivity contribution is -0.121. The Balaban J connectivity index is 3.13. The summed E-state index contributed by atoms with van der Waals surface area (Å²) in [5, 5.41) is 14.0. The minimum Gasteiger partial charge on any atom is -0.409 e. The number of nitrogens with zero attached hydrogens (tertiary/aromatic N) is 1. The van der Waals surface area contributed by atoms with Gasteiger partial charge in [-0.3, -0.25) is 4.79 Å². The number of rotatable bonds is 4. The van der Waals surface area contributed by atoms with E-state index < -0.39 is 17.1 Å². The van der Waals surface area contributed by atoms with E-state index in [9.17, 15) is 9.18 Å². The molecule has 1 amide bonds. The molecule has 0 aliphatic heterocycles. The summed E-state index contributed by atoms with van der Waals surface area (Å²) in [5.41, 5.74) is 4.36. The van der Waals surface area contributed by atoms with E-state index in [2.05, 4.69) is 10.5 Å². The van der Waals surface area contributed by atoms with Crippen molar-refractivity contribution >= 4 is 40.6 Å². The molecule has 1 unspecified atom stereocenters. The molecule has 110 valence electrons. The van der Waals surface area contributed by atoms with Gasteiger partial charge in [0, 0.05) is 0 Å². The number of amidine groups is 1. The van der Waals surface area contributed by atoms with Gasteiger partial charge in [0.15, 0.2) is 5.84 Å². The number of anilines is 1. The van der Waals surface area contributed by atoms with Gasteiger partial charge in [-0.25, -0.2) is 4.39 Å². The average Bonchev–Trinajstić information content (AvgIpc) is 2.40. The molecule has 0 bridgehead atoms. The molecule has 0 aromatic heterocycles. The van der Waals surface area contributed by atoms with Crippen LogP contribution in [0.1, 0.15) is 20.3 Å². The predicted molar refractivity (Wildman–Crippen MR) is 76.9 cm³/mol. The van der Waals surface area contributed by atoms with Crippen LogP contribution in [0.2, 0.25) is 10.0 Å². The molecule has 8 heteroatoms. The van der Waals surface area contributed by atoms with Crippen LogP contribution in [-0.4, -0.2) is 17.0 Å². The first-order valence-corrected chi connectivity index (χ1v) is 6.45. The van der Waals surface area contributed by atoms with Crippen LogP contribution in [0.25, 0.3) is 0 Å². The Morgan fingerprint density at radius 2 is 2.00 bits per heavy atom. The van der Waals surface area contributed by atoms with Gasteiger partial charge in [0.25, 0.3) is 0 Å². The largest absolute Gasteiger partial charge is 0.409 e. The van der Waals surface area contributed by atoms with E-state index in [4.69, 9.17) is 34.1 Å². The third kappa shape index (κ3) is 3.13. The first-order valence-electron chi connectivity index (χ1n) is 5.70. The van der Waals surface area contributed by atoms with E-state index in [1.165, 1.54) is 6.92 Å². The number of hydrogen-bond acceptors (Lipinski definition) is 3. The highest BCUT2D eigenvalue weighted by molar-refractivity contribution is 6.40. The second-order valence-electron chi connectivity index (χ2n) is 4.37. The molecule has 0 aliphatic carbocycles. The number of oxime groups is 1. The highest BCUT2D eigenvalue weighted by Crippen LogP contribution is 2.33. The van der Waals surface area contributed by atoms with E-state index in [1.54, 1.807) is 6.92 Å². The molecule has 0 spiro atoms. The number of nitrogens with two attached hydrogens (primary N) is 1. The fourth-order valence-corrected chi connectivity index (χ4v) is 2.04. The normalized spacial score (nSPS) is 14.8.